The molecule has 15 aromatic rings. The van der Waals surface area contributed by atoms with Gasteiger partial charge in [0.1, 0.15) is 0 Å². The highest BCUT2D eigenvalue weighted by atomic mass is 15.2. The molecule has 0 aliphatic heterocycles. The van der Waals surface area contributed by atoms with Crippen LogP contribution in [-0.4, -0.2) is 8.80 Å². The molecule has 11 aromatic carbocycles. The second-order valence-electron chi connectivity index (χ2n) is 17.7. The smallest absolute Gasteiger partial charge is 0.0789 e. The lowest BCUT2D eigenvalue weighted by molar-refractivity contribution is 1.27. The molecule has 0 radical (unpaired) electrons. The molecule has 4 heteroatoms. The lowest BCUT2D eigenvalue weighted by atomic mass is 9.99. The summed E-state index contributed by atoms with van der Waals surface area (Å²) in [5.74, 6) is 0. The molecule has 15 rings (SSSR count). The van der Waals surface area contributed by atoms with Gasteiger partial charge in [0, 0.05) is 71.2 Å². The fourth-order valence-electron chi connectivity index (χ4n) is 11.6. The van der Waals surface area contributed by atoms with Crippen molar-refractivity contribution in [2.24, 2.45) is 0 Å². The monoisotopic (exact) mass is 838 g/mol. The van der Waals surface area contributed by atoms with Gasteiger partial charge in [-0.05, 0) is 95.0 Å². The van der Waals surface area contributed by atoms with Gasteiger partial charge >= 0.3 is 0 Å². The van der Waals surface area contributed by atoms with E-state index in [2.05, 4.69) is 249 Å². The first-order valence-corrected chi connectivity index (χ1v) is 22.8. The fourth-order valence-corrected chi connectivity index (χ4v) is 11.6. The van der Waals surface area contributed by atoms with Crippen LogP contribution in [-0.2, 0) is 0 Å². The van der Waals surface area contributed by atoms with Crippen molar-refractivity contribution in [1.29, 1.82) is 0 Å². The number of anilines is 6. The molecule has 0 aliphatic carbocycles. The fraction of sp³-hybridized carbons (Fsp3) is 0. The van der Waals surface area contributed by atoms with E-state index < -0.39 is 0 Å². The molecule has 0 saturated heterocycles. The van der Waals surface area contributed by atoms with E-state index in [0.29, 0.717) is 0 Å². The van der Waals surface area contributed by atoms with Crippen molar-refractivity contribution in [3.05, 3.63) is 231 Å². The lowest BCUT2D eigenvalue weighted by Gasteiger charge is -2.28. The van der Waals surface area contributed by atoms with E-state index in [0.717, 1.165) is 28.4 Å². The van der Waals surface area contributed by atoms with Crippen LogP contribution in [0, 0.1) is 0 Å². The Morgan fingerprint density at radius 3 is 1.30 bits per heavy atom. The minimum Gasteiger partial charge on any atom is -0.308 e. The maximum atomic E-state index is 2.60. The van der Waals surface area contributed by atoms with Gasteiger partial charge in [0.15, 0.2) is 0 Å². The lowest BCUT2D eigenvalue weighted by Crippen LogP contribution is -2.11. The van der Waals surface area contributed by atoms with Crippen molar-refractivity contribution < 1.29 is 0 Å². The Morgan fingerprint density at radius 2 is 0.682 bits per heavy atom. The summed E-state index contributed by atoms with van der Waals surface area (Å²) in [6.07, 6.45) is 0. The van der Waals surface area contributed by atoms with Crippen molar-refractivity contribution in [3.8, 4) is 0 Å². The van der Waals surface area contributed by atoms with E-state index in [9.17, 15) is 0 Å². The van der Waals surface area contributed by atoms with Crippen LogP contribution in [0.5, 0.6) is 0 Å². The van der Waals surface area contributed by atoms with Gasteiger partial charge in [0.25, 0.3) is 0 Å². The first kappa shape index (κ1) is 35.6. The van der Waals surface area contributed by atoms with Crippen molar-refractivity contribution in [1.82, 2.24) is 8.80 Å². The Bertz CT molecular complexity index is 4300. The van der Waals surface area contributed by atoms with Gasteiger partial charge < -0.3 is 18.6 Å². The molecule has 0 unspecified atom stereocenters. The summed E-state index contributed by atoms with van der Waals surface area (Å²) >= 11 is 0. The highest BCUT2D eigenvalue weighted by Crippen LogP contribution is 2.52. The van der Waals surface area contributed by atoms with E-state index in [-0.39, 0.29) is 0 Å². The number of nitrogens with zero attached hydrogens (tertiary/aromatic N) is 4. The Morgan fingerprint density at radius 1 is 0.258 bits per heavy atom. The Labute approximate surface area is 379 Å². The number of benzene rings is 11. The highest BCUT2D eigenvalue weighted by Gasteiger charge is 2.29. The number of hydrogen-bond donors (Lipinski definition) is 0. The molecule has 0 amide bonds. The Hall–Kier alpha value is -8.86. The zero-order valence-electron chi connectivity index (χ0n) is 35.7. The molecule has 0 aliphatic rings. The van der Waals surface area contributed by atoms with Crippen LogP contribution >= 0.6 is 0 Å². The molecule has 0 bridgehead atoms. The van der Waals surface area contributed by atoms with Crippen LogP contribution in [0.2, 0.25) is 0 Å². The molecule has 0 spiro atoms. The first-order valence-electron chi connectivity index (χ1n) is 22.8. The standard InChI is InChI=1S/C62H38N4/c1-5-21-41(22-6-1)63(42-23-7-2-8-24-42)54-34-18-33-49-51-35-39-19-13-15-29-45(39)57-53-38-55-50(37-56(53)66(59(49)54)60(51)57)47-31-17-32-48-52-36-40-20-14-16-30-46(40)61(62(52)65(55)58(47)48)64(43-25-9-3-10-26-43)44-27-11-4-12-28-44/h1-38H. The molecule has 4 nitrogen and oxygen atoms in total. The van der Waals surface area contributed by atoms with Crippen LogP contribution in [0.25, 0.3) is 97.7 Å². The summed E-state index contributed by atoms with van der Waals surface area (Å²) in [5, 5.41) is 15.0. The second kappa shape index (κ2) is 13.3. The van der Waals surface area contributed by atoms with E-state index in [4.69, 9.17) is 0 Å². The van der Waals surface area contributed by atoms with Crippen molar-refractivity contribution in [3.63, 3.8) is 0 Å². The van der Waals surface area contributed by atoms with Gasteiger partial charge in [-0.25, -0.2) is 0 Å². The summed E-state index contributed by atoms with van der Waals surface area (Å²) in [6.45, 7) is 0. The van der Waals surface area contributed by atoms with Crippen molar-refractivity contribution in [2.45, 2.75) is 0 Å². The predicted octanol–water partition coefficient (Wildman–Crippen LogP) is 17.2. The topological polar surface area (TPSA) is 15.3 Å². The Kier molecular flexibility index (Phi) is 7.19. The van der Waals surface area contributed by atoms with E-state index in [1.807, 2.05) is 0 Å². The quantitative estimate of drug-likeness (QED) is 0.166. The molecule has 0 saturated carbocycles. The number of fused-ring (bicyclic) bond motifs is 15. The summed E-state index contributed by atoms with van der Waals surface area (Å²) < 4.78 is 5.19. The van der Waals surface area contributed by atoms with Crippen molar-refractivity contribution in [2.75, 3.05) is 9.80 Å². The first-order chi connectivity index (χ1) is 32.8. The summed E-state index contributed by atoms with van der Waals surface area (Å²) in [5.41, 5.74) is 14.1. The molecular formula is C62H38N4. The Balaban J connectivity index is 1.14. The third kappa shape index (κ3) is 4.72. The number of rotatable bonds is 6. The van der Waals surface area contributed by atoms with Gasteiger partial charge in [0.2, 0.25) is 0 Å². The third-order valence-corrected chi connectivity index (χ3v) is 14.2. The van der Waals surface area contributed by atoms with Gasteiger partial charge in [-0.2, -0.15) is 0 Å². The molecule has 4 heterocycles. The zero-order valence-corrected chi connectivity index (χ0v) is 35.7. The van der Waals surface area contributed by atoms with Gasteiger partial charge in [0.05, 0.1) is 44.5 Å². The normalized spacial score (nSPS) is 12.2. The maximum absolute atomic E-state index is 2.60. The van der Waals surface area contributed by atoms with Gasteiger partial charge in [-0.1, -0.05) is 152 Å². The molecule has 4 aromatic heterocycles. The number of hydrogen-bond acceptors (Lipinski definition) is 2. The van der Waals surface area contributed by atoms with E-state index in [1.165, 1.54) is 103 Å². The zero-order chi connectivity index (χ0) is 43.0. The average molecular weight is 839 g/mol. The van der Waals surface area contributed by atoms with Gasteiger partial charge in [-0.3, -0.25) is 0 Å². The molecule has 306 valence electrons. The molecule has 66 heavy (non-hydrogen) atoms. The summed E-state index contributed by atoms with van der Waals surface area (Å²) in [6, 6.07) is 84.8. The largest absolute Gasteiger partial charge is 0.308 e. The van der Waals surface area contributed by atoms with Crippen LogP contribution in [0.4, 0.5) is 34.1 Å². The second-order valence-corrected chi connectivity index (χ2v) is 17.7. The molecule has 0 N–H and O–H groups in total. The van der Waals surface area contributed by atoms with Crippen LogP contribution in [0.3, 0.4) is 0 Å². The minimum atomic E-state index is 1.12. The predicted molar refractivity (Wildman–Crippen MR) is 280 cm³/mol. The third-order valence-electron chi connectivity index (χ3n) is 14.2. The van der Waals surface area contributed by atoms with Gasteiger partial charge in [-0.15, -0.1) is 0 Å². The molecular weight excluding hydrogens is 801 g/mol. The maximum Gasteiger partial charge on any atom is 0.0789 e. The summed E-state index contributed by atoms with van der Waals surface area (Å²) in [7, 11) is 0. The highest BCUT2D eigenvalue weighted by molar-refractivity contribution is 6.35. The summed E-state index contributed by atoms with van der Waals surface area (Å²) in [4.78, 5) is 4.89. The van der Waals surface area contributed by atoms with Crippen LogP contribution < -0.4 is 9.80 Å². The minimum absolute atomic E-state index is 1.12. The molecule has 0 fully saturated rings. The number of para-hydroxylation sites is 6. The molecule has 0 atom stereocenters. The van der Waals surface area contributed by atoms with Crippen LogP contribution in [0.15, 0.2) is 231 Å². The van der Waals surface area contributed by atoms with E-state index in [1.54, 1.807) is 0 Å². The SMILES string of the molecule is c1ccc(N(c2ccccc2)c2c3ccccc3cc3c4cccc5c6cc7c(cc6n(c23)c54)c2c3ccccc3cc3c4cccc(N(c5ccccc5)c5ccccc5)c4n7c32)cc1. The average Bonchev–Trinajstić information content (AvgIpc) is 4.10. The number of aromatic nitrogens is 2. The van der Waals surface area contributed by atoms with Crippen molar-refractivity contribution >= 4 is 132 Å². The van der Waals surface area contributed by atoms with Crippen LogP contribution in [0.1, 0.15) is 0 Å². The van der Waals surface area contributed by atoms with E-state index >= 15 is 0 Å².